The van der Waals surface area contributed by atoms with Crippen molar-refractivity contribution in [1.82, 2.24) is 9.78 Å². The van der Waals surface area contributed by atoms with Crippen molar-refractivity contribution < 1.29 is 14.6 Å². The van der Waals surface area contributed by atoms with E-state index in [1.807, 2.05) is 32.0 Å². The van der Waals surface area contributed by atoms with E-state index >= 15 is 0 Å². The van der Waals surface area contributed by atoms with Crippen LogP contribution in [0.25, 0.3) is 11.3 Å². The number of carbonyl (C=O) groups is 1. The molecule has 1 aromatic carbocycles. The average molecular weight is 260 g/mol. The van der Waals surface area contributed by atoms with E-state index in [1.165, 1.54) is 0 Å². The van der Waals surface area contributed by atoms with Gasteiger partial charge in [0.15, 0.2) is 5.69 Å². The van der Waals surface area contributed by atoms with Crippen LogP contribution in [0.5, 0.6) is 5.75 Å². The Balaban J connectivity index is 2.51. The molecule has 0 aliphatic rings. The smallest absolute Gasteiger partial charge is 0.356 e. The number of aromatic carboxylic acids is 1. The number of aryl methyl sites for hydroxylation is 2. The van der Waals surface area contributed by atoms with Gasteiger partial charge in [0.25, 0.3) is 0 Å². The van der Waals surface area contributed by atoms with E-state index in [9.17, 15) is 4.79 Å². The second-order valence-corrected chi connectivity index (χ2v) is 4.22. The molecule has 0 saturated carbocycles. The molecule has 0 unspecified atom stereocenters. The van der Waals surface area contributed by atoms with Crippen LogP contribution in [0.2, 0.25) is 0 Å². The molecule has 0 aliphatic heterocycles. The van der Waals surface area contributed by atoms with Crippen molar-refractivity contribution in [2.75, 3.05) is 7.11 Å². The van der Waals surface area contributed by atoms with E-state index < -0.39 is 5.97 Å². The Hall–Kier alpha value is -2.30. The number of rotatable bonds is 4. The summed E-state index contributed by atoms with van der Waals surface area (Å²) < 4.78 is 6.90. The first-order valence-electron chi connectivity index (χ1n) is 6.03. The van der Waals surface area contributed by atoms with Gasteiger partial charge in [0.2, 0.25) is 0 Å². The Bertz CT molecular complexity index is 617. The SMILES string of the molecule is CCn1nc(C(=O)O)cc1-c1ccc(OC)c(C)c1. The van der Waals surface area contributed by atoms with Crippen molar-refractivity contribution in [2.24, 2.45) is 0 Å². The molecule has 0 aliphatic carbocycles. The van der Waals surface area contributed by atoms with Crippen LogP contribution in [0, 0.1) is 6.92 Å². The molecule has 2 aromatic rings. The van der Waals surface area contributed by atoms with Crippen molar-refractivity contribution in [3.05, 3.63) is 35.5 Å². The standard InChI is InChI=1S/C14H16N2O3/c1-4-16-12(8-11(15-16)14(17)18)10-5-6-13(19-3)9(2)7-10/h5-8H,4H2,1-3H3,(H,17,18). The highest BCUT2D eigenvalue weighted by Crippen LogP contribution is 2.26. The number of aromatic nitrogens is 2. The first-order chi connectivity index (χ1) is 9.06. The molecule has 1 aromatic heterocycles. The van der Waals surface area contributed by atoms with Crippen molar-refractivity contribution >= 4 is 5.97 Å². The fourth-order valence-corrected chi connectivity index (χ4v) is 2.03. The number of carboxylic acids is 1. The highest BCUT2D eigenvalue weighted by atomic mass is 16.5. The monoisotopic (exact) mass is 260 g/mol. The van der Waals surface area contributed by atoms with Gasteiger partial charge < -0.3 is 9.84 Å². The van der Waals surface area contributed by atoms with Crippen LogP contribution in [-0.4, -0.2) is 28.0 Å². The molecule has 0 spiro atoms. The van der Waals surface area contributed by atoms with Crippen LogP contribution >= 0.6 is 0 Å². The number of methoxy groups -OCH3 is 1. The lowest BCUT2D eigenvalue weighted by Gasteiger charge is -2.08. The minimum absolute atomic E-state index is 0.0605. The molecule has 5 nitrogen and oxygen atoms in total. The van der Waals surface area contributed by atoms with E-state index in [0.29, 0.717) is 6.54 Å². The largest absolute Gasteiger partial charge is 0.496 e. The summed E-state index contributed by atoms with van der Waals surface area (Å²) in [4.78, 5) is 11.0. The van der Waals surface area contributed by atoms with Crippen molar-refractivity contribution in [1.29, 1.82) is 0 Å². The van der Waals surface area contributed by atoms with Gasteiger partial charge in [-0.3, -0.25) is 4.68 Å². The molecule has 1 heterocycles. The zero-order chi connectivity index (χ0) is 14.0. The molecule has 0 atom stereocenters. The minimum atomic E-state index is -1.02. The van der Waals surface area contributed by atoms with Gasteiger partial charge in [-0.15, -0.1) is 0 Å². The molecule has 19 heavy (non-hydrogen) atoms. The molecule has 0 radical (unpaired) electrons. The number of hydrogen-bond acceptors (Lipinski definition) is 3. The Morgan fingerprint density at radius 1 is 1.42 bits per heavy atom. The first-order valence-corrected chi connectivity index (χ1v) is 6.03. The lowest BCUT2D eigenvalue weighted by Crippen LogP contribution is -2.02. The summed E-state index contributed by atoms with van der Waals surface area (Å²) in [5.41, 5.74) is 2.79. The fourth-order valence-electron chi connectivity index (χ4n) is 2.03. The molecular formula is C14H16N2O3. The number of benzene rings is 1. The summed E-state index contributed by atoms with van der Waals surface area (Å²) in [5.74, 6) is -0.205. The maximum absolute atomic E-state index is 11.0. The van der Waals surface area contributed by atoms with E-state index in [4.69, 9.17) is 9.84 Å². The van der Waals surface area contributed by atoms with Gasteiger partial charge in [-0.25, -0.2) is 4.79 Å². The quantitative estimate of drug-likeness (QED) is 0.917. The van der Waals surface area contributed by atoms with E-state index in [0.717, 1.165) is 22.6 Å². The number of nitrogens with zero attached hydrogens (tertiary/aromatic N) is 2. The predicted molar refractivity (Wildman–Crippen MR) is 71.6 cm³/mol. The van der Waals surface area contributed by atoms with Crippen LogP contribution in [0.3, 0.4) is 0 Å². The Morgan fingerprint density at radius 3 is 2.68 bits per heavy atom. The van der Waals surface area contributed by atoms with Gasteiger partial charge in [0.05, 0.1) is 12.8 Å². The van der Waals surface area contributed by atoms with E-state index in [-0.39, 0.29) is 5.69 Å². The zero-order valence-corrected chi connectivity index (χ0v) is 11.2. The van der Waals surface area contributed by atoms with Gasteiger partial charge in [-0.05, 0) is 43.7 Å². The molecule has 5 heteroatoms. The molecule has 0 amide bonds. The third-order valence-corrected chi connectivity index (χ3v) is 2.99. The van der Waals surface area contributed by atoms with Crippen molar-refractivity contribution in [3.8, 4) is 17.0 Å². The maximum atomic E-state index is 11.0. The highest BCUT2D eigenvalue weighted by molar-refractivity contribution is 5.87. The van der Waals surface area contributed by atoms with E-state index in [2.05, 4.69) is 5.10 Å². The Kier molecular flexibility index (Phi) is 3.55. The summed E-state index contributed by atoms with van der Waals surface area (Å²) in [7, 11) is 1.63. The second-order valence-electron chi connectivity index (χ2n) is 4.22. The van der Waals surface area contributed by atoms with Crippen LogP contribution in [-0.2, 0) is 6.54 Å². The summed E-state index contributed by atoms with van der Waals surface area (Å²) >= 11 is 0. The molecule has 0 bridgehead atoms. The topological polar surface area (TPSA) is 64.4 Å². The normalized spacial score (nSPS) is 10.5. The minimum Gasteiger partial charge on any atom is -0.496 e. The second kappa shape index (κ2) is 5.14. The lowest BCUT2D eigenvalue weighted by molar-refractivity contribution is 0.0689. The molecule has 2 rings (SSSR count). The van der Waals surface area contributed by atoms with Gasteiger partial charge in [-0.1, -0.05) is 0 Å². The van der Waals surface area contributed by atoms with Gasteiger partial charge >= 0.3 is 5.97 Å². The molecule has 0 saturated heterocycles. The summed E-state index contributed by atoms with van der Waals surface area (Å²) in [6, 6.07) is 7.33. The first kappa shape index (κ1) is 13.1. The zero-order valence-electron chi connectivity index (χ0n) is 11.2. The fraction of sp³-hybridized carbons (Fsp3) is 0.286. The number of hydrogen-bond donors (Lipinski definition) is 1. The van der Waals surface area contributed by atoms with Crippen molar-refractivity contribution in [2.45, 2.75) is 20.4 Å². The highest BCUT2D eigenvalue weighted by Gasteiger charge is 2.14. The molecule has 1 N–H and O–H groups in total. The third kappa shape index (κ3) is 2.45. The van der Waals surface area contributed by atoms with Crippen LogP contribution in [0.4, 0.5) is 0 Å². The van der Waals surface area contributed by atoms with Gasteiger partial charge in [-0.2, -0.15) is 5.10 Å². The summed E-state index contributed by atoms with van der Waals surface area (Å²) in [6.45, 7) is 4.50. The third-order valence-electron chi connectivity index (χ3n) is 2.99. The van der Waals surface area contributed by atoms with Crippen LogP contribution < -0.4 is 4.74 Å². The molecule has 100 valence electrons. The van der Waals surface area contributed by atoms with Crippen LogP contribution in [0.15, 0.2) is 24.3 Å². The van der Waals surface area contributed by atoms with Crippen molar-refractivity contribution in [3.63, 3.8) is 0 Å². The Morgan fingerprint density at radius 2 is 2.16 bits per heavy atom. The summed E-state index contributed by atoms with van der Waals surface area (Å²) in [5, 5.41) is 13.1. The maximum Gasteiger partial charge on any atom is 0.356 e. The van der Waals surface area contributed by atoms with Gasteiger partial charge in [0, 0.05) is 12.1 Å². The lowest BCUT2D eigenvalue weighted by atomic mass is 10.1. The molecular weight excluding hydrogens is 244 g/mol. The number of ether oxygens (including phenoxy) is 1. The van der Waals surface area contributed by atoms with Crippen LogP contribution in [0.1, 0.15) is 23.0 Å². The molecule has 0 fully saturated rings. The van der Waals surface area contributed by atoms with E-state index in [1.54, 1.807) is 17.9 Å². The number of carboxylic acid groups (broad SMARTS) is 1. The summed E-state index contributed by atoms with van der Waals surface area (Å²) in [6.07, 6.45) is 0. The van der Waals surface area contributed by atoms with Gasteiger partial charge in [0.1, 0.15) is 5.75 Å². The predicted octanol–water partition coefficient (Wildman–Crippen LogP) is 2.59. The Labute approximate surface area is 111 Å². The average Bonchev–Trinajstić information content (AvgIpc) is 2.82.